The van der Waals surface area contributed by atoms with E-state index in [4.69, 9.17) is 11.1 Å². The first kappa shape index (κ1) is 19.1. The van der Waals surface area contributed by atoms with Crippen LogP contribution in [0.15, 0.2) is 0 Å². The number of nitrogens with zero attached hydrogens (tertiary/aromatic N) is 1. The molecular weight excluding hydrogens is 354 g/mol. The largest absolute Gasteiger partial charge is 0.379 e. The minimum atomic E-state index is 0. The van der Waals surface area contributed by atoms with Crippen LogP contribution in [0.25, 0.3) is 0 Å². The molecule has 1 aliphatic heterocycles. The average Bonchev–Trinajstić information content (AvgIpc) is 2.18. The number of rotatable bonds is 5. The molecule has 3 N–H and O–H groups in total. The highest BCUT2D eigenvalue weighted by Gasteiger charge is 2.08. The Balaban J connectivity index is 0. The summed E-state index contributed by atoms with van der Waals surface area (Å²) >= 11 is 1.46. The molecule has 98 valence electrons. The average molecular weight is 377 g/mol. The number of piperidine rings is 1. The van der Waals surface area contributed by atoms with E-state index in [9.17, 15) is 0 Å². The Hall–Kier alpha value is 0.740. The van der Waals surface area contributed by atoms with Gasteiger partial charge < -0.3 is 10.6 Å². The van der Waals surface area contributed by atoms with Gasteiger partial charge in [0.25, 0.3) is 0 Å². The zero-order valence-electron chi connectivity index (χ0n) is 9.61. The number of thioether (sulfide) groups is 1. The van der Waals surface area contributed by atoms with Gasteiger partial charge in [-0.05, 0) is 45.3 Å². The normalized spacial score (nSPS) is 16.0. The topological polar surface area (TPSA) is 53.1 Å². The number of nitrogens with one attached hydrogen (secondary N) is 1. The number of hydrogen-bond donors (Lipinski definition) is 2. The molecule has 0 atom stereocenters. The van der Waals surface area contributed by atoms with Gasteiger partial charge >= 0.3 is 0 Å². The molecule has 0 aromatic rings. The molecule has 3 nitrogen and oxygen atoms in total. The lowest BCUT2D eigenvalue weighted by molar-refractivity contribution is 0.226. The van der Waals surface area contributed by atoms with Gasteiger partial charge in [-0.15, -0.1) is 34.0 Å². The third-order valence-corrected chi connectivity index (χ3v) is 3.38. The summed E-state index contributed by atoms with van der Waals surface area (Å²) in [4.78, 5) is 2.56. The van der Waals surface area contributed by atoms with Crippen molar-refractivity contribution in [3.8, 4) is 0 Å². The van der Waals surface area contributed by atoms with Gasteiger partial charge in [-0.2, -0.15) is 0 Å². The van der Waals surface area contributed by atoms with Crippen molar-refractivity contribution < 1.29 is 0 Å². The van der Waals surface area contributed by atoms with Crippen LogP contribution in [0.3, 0.4) is 0 Å². The van der Waals surface area contributed by atoms with E-state index >= 15 is 0 Å². The third kappa shape index (κ3) is 9.93. The van der Waals surface area contributed by atoms with Crippen molar-refractivity contribution in [2.24, 2.45) is 5.73 Å². The second-order valence-electron chi connectivity index (χ2n) is 3.82. The molecule has 1 fully saturated rings. The summed E-state index contributed by atoms with van der Waals surface area (Å²) in [5, 5.41) is 7.31. The lowest BCUT2D eigenvalue weighted by Crippen LogP contribution is -2.30. The van der Waals surface area contributed by atoms with Gasteiger partial charge in [-0.3, -0.25) is 5.41 Å². The van der Waals surface area contributed by atoms with Gasteiger partial charge in [-0.25, -0.2) is 0 Å². The molecule has 6 heteroatoms. The van der Waals surface area contributed by atoms with E-state index in [0.717, 1.165) is 5.75 Å². The van der Waals surface area contributed by atoms with E-state index in [2.05, 4.69) is 4.90 Å². The fraction of sp³-hybridized carbons (Fsp3) is 0.900. The molecule has 1 saturated heterocycles. The van der Waals surface area contributed by atoms with E-state index in [1.54, 1.807) is 0 Å². The molecule has 0 bridgehead atoms. The van der Waals surface area contributed by atoms with Gasteiger partial charge in [-0.1, -0.05) is 18.2 Å². The van der Waals surface area contributed by atoms with Gasteiger partial charge in [0.15, 0.2) is 5.17 Å². The summed E-state index contributed by atoms with van der Waals surface area (Å²) in [5.74, 6) is 1.00. The molecule has 0 spiro atoms. The second kappa shape index (κ2) is 12.2. The Labute approximate surface area is 124 Å². The Morgan fingerprint density at radius 2 is 1.75 bits per heavy atom. The monoisotopic (exact) mass is 375 g/mol. The Morgan fingerprint density at radius 3 is 2.31 bits per heavy atom. The molecular formula is C10H23Br2N3S. The van der Waals surface area contributed by atoms with Crippen LogP contribution in [0.5, 0.6) is 0 Å². The van der Waals surface area contributed by atoms with Crippen molar-refractivity contribution in [3.05, 3.63) is 0 Å². The van der Waals surface area contributed by atoms with Crippen molar-refractivity contribution in [2.45, 2.75) is 32.1 Å². The summed E-state index contributed by atoms with van der Waals surface area (Å²) < 4.78 is 0. The van der Waals surface area contributed by atoms with Crippen LogP contribution in [0.1, 0.15) is 32.1 Å². The first-order valence-corrected chi connectivity index (χ1v) is 6.47. The van der Waals surface area contributed by atoms with E-state index < -0.39 is 0 Å². The zero-order chi connectivity index (χ0) is 10.2. The summed E-state index contributed by atoms with van der Waals surface area (Å²) in [7, 11) is 0. The smallest absolute Gasteiger partial charge is 0.151 e. The van der Waals surface area contributed by atoms with Crippen LogP contribution in [-0.4, -0.2) is 35.5 Å². The van der Waals surface area contributed by atoms with Gasteiger partial charge in [0.05, 0.1) is 0 Å². The third-order valence-electron chi connectivity index (χ3n) is 2.57. The standard InChI is InChI=1S/C10H21N3S.2BrH/c11-10(12)14-9-5-4-8-13-6-2-1-3-7-13;;/h1-9H2,(H3,11,12);2*1H. The quantitative estimate of drug-likeness (QED) is 0.440. The molecule has 0 unspecified atom stereocenters. The van der Waals surface area contributed by atoms with Crippen LogP contribution >= 0.6 is 45.7 Å². The van der Waals surface area contributed by atoms with Crippen molar-refractivity contribution in [1.29, 1.82) is 5.41 Å². The first-order valence-electron chi connectivity index (χ1n) is 5.48. The predicted molar refractivity (Wildman–Crippen MR) is 84.5 cm³/mol. The highest BCUT2D eigenvalue weighted by molar-refractivity contribution is 8.93. The first-order chi connectivity index (χ1) is 6.79. The van der Waals surface area contributed by atoms with Crippen molar-refractivity contribution in [2.75, 3.05) is 25.4 Å². The number of halogens is 2. The minimum Gasteiger partial charge on any atom is -0.379 e. The lowest BCUT2D eigenvalue weighted by Gasteiger charge is -2.26. The Morgan fingerprint density at radius 1 is 1.12 bits per heavy atom. The fourth-order valence-corrected chi connectivity index (χ4v) is 2.37. The van der Waals surface area contributed by atoms with E-state index in [0.29, 0.717) is 0 Å². The molecule has 1 rings (SSSR count). The van der Waals surface area contributed by atoms with Crippen molar-refractivity contribution >= 4 is 50.9 Å². The van der Waals surface area contributed by atoms with Crippen molar-refractivity contribution in [1.82, 2.24) is 4.90 Å². The molecule has 1 aliphatic rings. The highest BCUT2D eigenvalue weighted by Crippen LogP contribution is 2.10. The summed E-state index contributed by atoms with van der Waals surface area (Å²) in [6.07, 6.45) is 6.60. The van der Waals surface area contributed by atoms with Gasteiger partial charge in [0.2, 0.25) is 0 Å². The minimum absolute atomic E-state index is 0. The van der Waals surface area contributed by atoms with E-state index in [1.807, 2.05) is 0 Å². The number of amidine groups is 1. The van der Waals surface area contributed by atoms with Crippen LogP contribution in [0.4, 0.5) is 0 Å². The van der Waals surface area contributed by atoms with Crippen LogP contribution < -0.4 is 5.73 Å². The van der Waals surface area contributed by atoms with Crippen LogP contribution in [-0.2, 0) is 0 Å². The molecule has 0 radical (unpaired) electrons. The number of hydrogen-bond acceptors (Lipinski definition) is 3. The lowest BCUT2D eigenvalue weighted by atomic mass is 10.1. The molecule has 0 saturated carbocycles. The second-order valence-corrected chi connectivity index (χ2v) is 4.96. The Kier molecular flexibility index (Phi) is 14.6. The molecule has 0 amide bonds. The molecule has 16 heavy (non-hydrogen) atoms. The van der Waals surface area contributed by atoms with Gasteiger partial charge in [0, 0.05) is 5.75 Å². The maximum absolute atomic E-state index is 7.06. The summed E-state index contributed by atoms with van der Waals surface area (Å²) in [6, 6.07) is 0. The summed E-state index contributed by atoms with van der Waals surface area (Å²) in [5.41, 5.74) is 5.25. The maximum atomic E-state index is 7.06. The van der Waals surface area contributed by atoms with Crippen LogP contribution in [0, 0.1) is 5.41 Å². The fourth-order valence-electron chi connectivity index (χ4n) is 1.80. The SMILES string of the molecule is Br.Br.N=C(N)SCCCCN1CCCCC1. The van der Waals surface area contributed by atoms with E-state index in [-0.39, 0.29) is 39.1 Å². The zero-order valence-corrected chi connectivity index (χ0v) is 13.9. The summed E-state index contributed by atoms with van der Waals surface area (Å²) in [6.45, 7) is 3.82. The molecule has 1 heterocycles. The predicted octanol–water partition coefficient (Wildman–Crippen LogP) is 3.03. The highest BCUT2D eigenvalue weighted by atomic mass is 79.9. The van der Waals surface area contributed by atoms with Gasteiger partial charge in [0.1, 0.15) is 0 Å². The number of nitrogens with two attached hydrogens (primary N) is 1. The molecule has 0 aliphatic carbocycles. The number of likely N-dealkylation sites (tertiary alicyclic amines) is 1. The molecule has 0 aromatic heterocycles. The van der Waals surface area contributed by atoms with E-state index in [1.165, 1.54) is 63.5 Å². The Bertz CT molecular complexity index is 175. The van der Waals surface area contributed by atoms with Crippen molar-refractivity contribution in [3.63, 3.8) is 0 Å². The van der Waals surface area contributed by atoms with Crippen LogP contribution in [0.2, 0.25) is 0 Å². The molecule has 0 aromatic carbocycles. The number of unbranched alkanes of at least 4 members (excludes halogenated alkanes) is 1. The maximum Gasteiger partial charge on any atom is 0.151 e.